The number of aliphatic hydroxyl groups excluding tert-OH is 1. The van der Waals surface area contributed by atoms with Crippen molar-refractivity contribution < 1.29 is 5.11 Å². The SMILES string of the molecule is CC#CCC1(CO)CCC1. The lowest BCUT2D eigenvalue weighted by Crippen LogP contribution is -2.32. The number of hydrogen-bond acceptors (Lipinski definition) is 1. The van der Waals surface area contributed by atoms with Crippen LogP contribution in [0.5, 0.6) is 0 Å². The smallest absolute Gasteiger partial charge is 0.0496 e. The Kier molecular flexibility index (Phi) is 2.34. The van der Waals surface area contributed by atoms with Crippen molar-refractivity contribution in [1.29, 1.82) is 0 Å². The maximum atomic E-state index is 9.00. The molecule has 0 spiro atoms. The van der Waals surface area contributed by atoms with Crippen molar-refractivity contribution in [2.24, 2.45) is 5.41 Å². The largest absolute Gasteiger partial charge is 0.396 e. The first-order chi connectivity index (χ1) is 4.83. The van der Waals surface area contributed by atoms with Gasteiger partial charge in [-0.3, -0.25) is 0 Å². The Morgan fingerprint density at radius 2 is 2.20 bits per heavy atom. The van der Waals surface area contributed by atoms with Crippen molar-refractivity contribution in [3.05, 3.63) is 0 Å². The predicted octanol–water partition coefficient (Wildman–Crippen LogP) is 1.56. The van der Waals surface area contributed by atoms with Gasteiger partial charge in [0.05, 0.1) is 0 Å². The standard InChI is InChI=1S/C9H14O/c1-2-3-5-9(8-10)6-4-7-9/h10H,4-8H2,1H3. The molecule has 0 aromatic heterocycles. The molecule has 1 aliphatic rings. The Morgan fingerprint density at radius 3 is 2.50 bits per heavy atom. The fourth-order valence-corrected chi connectivity index (χ4v) is 1.34. The van der Waals surface area contributed by atoms with Gasteiger partial charge in [-0.15, -0.1) is 11.8 Å². The Hall–Kier alpha value is -0.480. The van der Waals surface area contributed by atoms with E-state index in [-0.39, 0.29) is 5.41 Å². The van der Waals surface area contributed by atoms with E-state index in [0.29, 0.717) is 6.61 Å². The summed E-state index contributed by atoms with van der Waals surface area (Å²) in [5, 5.41) is 9.00. The summed E-state index contributed by atoms with van der Waals surface area (Å²) in [5.41, 5.74) is 0.197. The highest BCUT2D eigenvalue weighted by atomic mass is 16.3. The molecule has 0 atom stereocenters. The van der Waals surface area contributed by atoms with Crippen LogP contribution >= 0.6 is 0 Å². The van der Waals surface area contributed by atoms with Crippen LogP contribution < -0.4 is 0 Å². The molecule has 0 unspecified atom stereocenters. The fraction of sp³-hybridized carbons (Fsp3) is 0.778. The van der Waals surface area contributed by atoms with E-state index < -0.39 is 0 Å². The van der Waals surface area contributed by atoms with Crippen LogP contribution in [-0.2, 0) is 0 Å². The van der Waals surface area contributed by atoms with Gasteiger partial charge in [0, 0.05) is 18.4 Å². The molecule has 0 aromatic rings. The number of rotatable bonds is 2. The van der Waals surface area contributed by atoms with E-state index in [1.807, 2.05) is 6.92 Å². The molecular formula is C9H14O. The summed E-state index contributed by atoms with van der Waals surface area (Å²) in [6, 6.07) is 0. The second kappa shape index (κ2) is 3.07. The van der Waals surface area contributed by atoms with Gasteiger partial charge in [-0.25, -0.2) is 0 Å². The third kappa shape index (κ3) is 1.33. The second-order valence-corrected chi connectivity index (χ2v) is 3.12. The molecule has 1 aliphatic carbocycles. The summed E-state index contributed by atoms with van der Waals surface area (Å²) in [7, 11) is 0. The second-order valence-electron chi connectivity index (χ2n) is 3.12. The Balaban J connectivity index is 2.38. The molecule has 1 N–H and O–H groups in total. The van der Waals surface area contributed by atoms with Gasteiger partial charge < -0.3 is 5.11 Å². The normalized spacial score (nSPS) is 20.6. The van der Waals surface area contributed by atoms with Gasteiger partial charge in [-0.2, -0.15) is 0 Å². The highest BCUT2D eigenvalue weighted by molar-refractivity contribution is 5.03. The van der Waals surface area contributed by atoms with Gasteiger partial charge in [0.15, 0.2) is 0 Å². The van der Waals surface area contributed by atoms with E-state index in [4.69, 9.17) is 5.11 Å². The Bertz CT molecular complexity index is 152. The molecule has 56 valence electrons. The molecule has 0 aliphatic heterocycles. The Morgan fingerprint density at radius 1 is 1.50 bits per heavy atom. The molecular weight excluding hydrogens is 124 g/mol. The van der Waals surface area contributed by atoms with Crippen molar-refractivity contribution in [3.63, 3.8) is 0 Å². The summed E-state index contributed by atoms with van der Waals surface area (Å²) in [5.74, 6) is 5.90. The van der Waals surface area contributed by atoms with Gasteiger partial charge in [0.2, 0.25) is 0 Å². The van der Waals surface area contributed by atoms with Gasteiger partial charge in [-0.05, 0) is 19.8 Å². The third-order valence-electron chi connectivity index (χ3n) is 2.39. The first kappa shape index (κ1) is 7.63. The third-order valence-corrected chi connectivity index (χ3v) is 2.39. The fourth-order valence-electron chi connectivity index (χ4n) is 1.34. The van der Waals surface area contributed by atoms with Crippen molar-refractivity contribution in [3.8, 4) is 11.8 Å². The van der Waals surface area contributed by atoms with Gasteiger partial charge >= 0.3 is 0 Å². The Labute approximate surface area is 62.4 Å². The van der Waals surface area contributed by atoms with E-state index >= 15 is 0 Å². The lowest BCUT2D eigenvalue weighted by Gasteiger charge is -2.38. The zero-order valence-corrected chi connectivity index (χ0v) is 6.48. The number of aliphatic hydroxyl groups is 1. The van der Waals surface area contributed by atoms with Crippen molar-refractivity contribution in [2.75, 3.05) is 6.61 Å². The summed E-state index contributed by atoms with van der Waals surface area (Å²) < 4.78 is 0. The molecule has 0 amide bonds. The minimum Gasteiger partial charge on any atom is -0.396 e. The minimum absolute atomic E-state index is 0.197. The average Bonchev–Trinajstić information content (AvgIpc) is 1.87. The molecule has 0 bridgehead atoms. The van der Waals surface area contributed by atoms with E-state index in [9.17, 15) is 0 Å². The van der Waals surface area contributed by atoms with Crippen LogP contribution in [0.4, 0.5) is 0 Å². The molecule has 1 nitrogen and oxygen atoms in total. The average molecular weight is 138 g/mol. The number of hydrogen-bond donors (Lipinski definition) is 1. The van der Waals surface area contributed by atoms with E-state index in [1.54, 1.807) is 0 Å². The summed E-state index contributed by atoms with van der Waals surface area (Å²) >= 11 is 0. The molecule has 1 saturated carbocycles. The predicted molar refractivity (Wildman–Crippen MR) is 41.4 cm³/mol. The van der Waals surface area contributed by atoms with Gasteiger partial charge in [0.25, 0.3) is 0 Å². The highest BCUT2D eigenvalue weighted by Crippen LogP contribution is 2.42. The first-order valence-electron chi connectivity index (χ1n) is 3.83. The van der Waals surface area contributed by atoms with Gasteiger partial charge in [-0.1, -0.05) is 6.42 Å². The van der Waals surface area contributed by atoms with Crippen LogP contribution in [0.3, 0.4) is 0 Å². The van der Waals surface area contributed by atoms with Crippen LogP contribution in [0.15, 0.2) is 0 Å². The molecule has 0 saturated heterocycles. The molecule has 0 aromatic carbocycles. The quantitative estimate of drug-likeness (QED) is 0.574. The van der Waals surface area contributed by atoms with Crippen molar-refractivity contribution in [2.45, 2.75) is 32.6 Å². The lowest BCUT2D eigenvalue weighted by atomic mass is 9.67. The maximum Gasteiger partial charge on any atom is 0.0496 e. The highest BCUT2D eigenvalue weighted by Gasteiger charge is 2.35. The van der Waals surface area contributed by atoms with Gasteiger partial charge in [0.1, 0.15) is 0 Å². The summed E-state index contributed by atoms with van der Waals surface area (Å²) in [4.78, 5) is 0. The van der Waals surface area contributed by atoms with E-state index in [0.717, 1.165) is 19.3 Å². The van der Waals surface area contributed by atoms with Crippen LogP contribution in [0.2, 0.25) is 0 Å². The molecule has 0 heterocycles. The lowest BCUT2D eigenvalue weighted by molar-refractivity contribution is 0.0498. The maximum absolute atomic E-state index is 9.00. The van der Waals surface area contributed by atoms with Crippen molar-refractivity contribution in [1.82, 2.24) is 0 Å². The van der Waals surface area contributed by atoms with E-state index in [1.165, 1.54) is 6.42 Å². The van der Waals surface area contributed by atoms with Crippen molar-refractivity contribution >= 4 is 0 Å². The molecule has 0 radical (unpaired) electrons. The molecule has 1 fully saturated rings. The van der Waals surface area contributed by atoms with Crippen LogP contribution in [0.25, 0.3) is 0 Å². The van der Waals surface area contributed by atoms with Crippen LogP contribution in [-0.4, -0.2) is 11.7 Å². The minimum atomic E-state index is 0.197. The monoisotopic (exact) mass is 138 g/mol. The molecule has 1 heteroatoms. The summed E-state index contributed by atoms with van der Waals surface area (Å²) in [6.07, 6.45) is 4.49. The first-order valence-corrected chi connectivity index (χ1v) is 3.83. The van der Waals surface area contributed by atoms with Crippen LogP contribution in [0, 0.1) is 17.3 Å². The van der Waals surface area contributed by atoms with Crippen LogP contribution in [0.1, 0.15) is 32.6 Å². The topological polar surface area (TPSA) is 20.2 Å². The summed E-state index contributed by atoms with van der Waals surface area (Å²) in [6.45, 7) is 2.17. The van der Waals surface area contributed by atoms with E-state index in [2.05, 4.69) is 11.8 Å². The molecule has 10 heavy (non-hydrogen) atoms. The molecule has 1 rings (SSSR count). The zero-order chi connectivity index (χ0) is 7.45. The zero-order valence-electron chi connectivity index (χ0n) is 6.48.